The molecule has 0 saturated heterocycles. The number of fused-ring (bicyclic) bond motifs is 5. The maximum Gasteiger partial charge on any atom is 0.186 e. The highest BCUT2D eigenvalue weighted by atomic mass is 16.5. The predicted octanol–water partition coefficient (Wildman–Crippen LogP) is 7.75. The molecule has 3 fully saturated rings. The van der Waals surface area contributed by atoms with Crippen LogP contribution in [-0.4, -0.2) is 17.5 Å². The number of allylic oxidation sites excluding steroid dienone is 2. The highest BCUT2D eigenvalue weighted by Crippen LogP contribution is 2.67. The van der Waals surface area contributed by atoms with Crippen LogP contribution < -0.4 is 0 Å². The molecule has 7 atom stereocenters. The van der Waals surface area contributed by atoms with Crippen molar-refractivity contribution >= 4 is 5.71 Å². The molecular formula is C28H47NO. The van der Waals surface area contributed by atoms with Crippen LogP contribution in [0.5, 0.6) is 0 Å². The van der Waals surface area contributed by atoms with Crippen LogP contribution in [-0.2, 0) is 0 Å². The topological polar surface area (TPSA) is 26.1 Å². The van der Waals surface area contributed by atoms with Gasteiger partial charge in [-0.2, -0.15) is 0 Å². The molecule has 0 heterocycles. The minimum atomic E-state index is 0.354. The Morgan fingerprint density at radius 1 is 1.03 bits per heavy atom. The first-order chi connectivity index (χ1) is 14.3. The molecule has 4 aliphatic carbocycles. The fraction of sp³-hybridized carbons (Fsp3) is 0.893. The van der Waals surface area contributed by atoms with Gasteiger partial charge in [-0.3, -0.25) is 0 Å². The van der Waals surface area contributed by atoms with Crippen LogP contribution in [0, 0.1) is 45.6 Å². The number of rotatable bonds is 6. The lowest BCUT2D eigenvalue weighted by Crippen LogP contribution is -2.51. The van der Waals surface area contributed by atoms with E-state index >= 15 is 0 Å². The van der Waals surface area contributed by atoms with Gasteiger partial charge in [0, 0.05) is 12.5 Å². The molecule has 3 saturated carbocycles. The van der Waals surface area contributed by atoms with Crippen molar-refractivity contribution in [2.75, 3.05) is 7.05 Å². The largest absolute Gasteiger partial charge is 0.624 e. The van der Waals surface area contributed by atoms with Gasteiger partial charge in [0.1, 0.15) is 7.05 Å². The second kappa shape index (κ2) is 8.62. The van der Waals surface area contributed by atoms with Crippen LogP contribution in [0.2, 0.25) is 0 Å². The summed E-state index contributed by atoms with van der Waals surface area (Å²) in [5.74, 6) is 4.66. The standard InChI is InChI=1S/C28H47NO/c1-6-8-9-10-20(7-2)24-13-14-25-23-12-11-21-19-22(29(5)30)15-17-27(21,3)26(23)16-18-28(24,25)4/h19-20,23-26H,6-18H2,1-5H3/b29-22+/t20-,23+,24-,25+,26+,27+,28-/m1/s1. The second-order valence-corrected chi connectivity index (χ2v) is 11.9. The van der Waals surface area contributed by atoms with Gasteiger partial charge in [0.05, 0.1) is 0 Å². The summed E-state index contributed by atoms with van der Waals surface area (Å²) >= 11 is 0. The van der Waals surface area contributed by atoms with Crippen molar-refractivity contribution in [3.05, 3.63) is 16.9 Å². The van der Waals surface area contributed by atoms with E-state index in [0.717, 1.165) is 46.5 Å². The van der Waals surface area contributed by atoms with Crippen LogP contribution in [0.3, 0.4) is 0 Å². The number of hydrogen-bond donors (Lipinski definition) is 0. The summed E-state index contributed by atoms with van der Waals surface area (Å²) in [7, 11) is 1.68. The summed E-state index contributed by atoms with van der Waals surface area (Å²) in [5.41, 5.74) is 3.57. The van der Waals surface area contributed by atoms with E-state index in [9.17, 15) is 5.21 Å². The molecule has 0 aromatic rings. The minimum Gasteiger partial charge on any atom is -0.624 e. The van der Waals surface area contributed by atoms with Gasteiger partial charge < -0.3 is 5.21 Å². The third-order valence-electron chi connectivity index (χ3n) is 10.7. The summed E-state index contributed by atoms with van der Waals surface area (Å²) in [6, 6.07) is 0. The Morgan fingerprint density at radius 2 is 1.83 bits per heavy atom. The summed E-state index contributed by atoms with van der Waals surface area (Å²) in [5, 5.41) is 11.9. The molecule has 170 valence electrons. The van der Waals surface area contributed by atoms with Gasteiger partial charge in [0.25, 0.3) is 0 Å². The van der Waals surface area contributed by atoms with Crippen LogP contribution in [0.4, 0.5) is 0 Å². The van der Waals surface area contributed by atoms with Crippen LogP contribution >= 0.6 is 0 Å². The molecule has 0 radical (unpaired) electrons. The van der Waals surface area contributed by atoms with Gasteiger partial charge in [-0.15, -0.1) is 0 Å². The summed E-state index contributed by atoms with van der Waals surface area (Å²) in [6.07, 6.45) is 20.0. The quantitative estimate of drug-likeness (QED) is 0.189. The zero-order valence-corrected chi connectivity index (χ0v) is 20.5. The fourth-order valence-corrected chi connectivity index (χ4v) is 8.98. The lowest BCUT2D eigenvalue weighted by molar-refractivity contribution is -0.423. The van der Waals surface area contributed by atoms with E-state index in [0.29, 0.717) is 10.8 Å². The smallest absolute Gasteiger partial charge is 0.186 e. The Bertz CT molecular complexity index is 689. The molecule has 0 aliphatic heterocycles. The van der Waals surface area contributed by atoms with Crippen molar-refractivity contribution in [2.24, 2.45) is 40.4 Å². The molecule has 0 aromatic carbocycles. The Balaban J connectivity index is 1.54. The lowest BCUT2D eigenvalue weighted by Gasteiger charge is -2.58. The molecule has 4 rings (SSSR count). The highest BCUT2D eigenvalue weighted by molar-refractivity contribution is 5.92. The Morgan fingerprint density at radius 3 is 2.53 bits per heavy atom. The maximum absolute atomic E-state index is 11.9. The van der Waals surface area contributed by atoms with Gasteiger partial charge in [0.2, 0.25) is 0 Å². The van der Waals surface area contributed by atoms with E-state index in [-0.39, 0.29) is 0 Å². The average Bonchev–Trinajstić information content (AvgIpc) is 3.07. The molecule has 2 heteroatoms. The van der Waals surface area contributed by atoms with Crippen LogP contribution in [0.1, 0.15) is 111 Å². The zero-order chi connectivity index (χ0) is 21.5. The van der Waals surface area contributed by atoms with E-state index in [4.69, 9.17) is 0 Å². The average molecular weight is 414 g/mol. The zero-order valence-electron chi connectivity index (χ0n) is 20.5. The van der Waals surface area contributed by atoms with Crippen LogP contribution in [0.25, 0.3) is 0 Å². The number of nitrogens with zero attached hydrogens (tertiary/aromatic N) is 1. The molecule has 0 amide bonds. The maximum atomic E-state index is 11.9. The van der Waals surface area contributed by atoms with Crippen molar-refractivity contribution in [1.82, 2.24) is 0 Å². The Labute approximate surface area is 186 Å². The molecule has 0 N–H and O–H groups in total. The molecule has 2 nitrogen and oxygen atoms in total. The van der Waals surface area contributed by atoms with E-state index in [1.54, 1.807) is 12.6 Å². The first-order valence-electron chi connectivity index (χ1n) is 13.3. The third kappa shape index (κ3) is 3.58. The molecule has 0 bridgehead atoms. The van der Waals surface area contributed by atoms with Gasteiger partial charge in [0.15, 0.2) is 5.71 Å². The molecule has 4 aliphatic rings. The predicted molar refractivity (Wildman–Crippen MR) is 128 cm³/mol. The van der Waals surface area contributed by atoms with Gasteiger partial charge in [-0.25, -0.2) is 4.74 Å². The van der Waals surface area contributed by atoms with E-state index in [1.807, 2.05) is 0 Å². The molecule has 0 aromatic heterocycles. The number of hydroxylamine groups is 1. The minimum absolute atomic E-state index is 0.354. The monoisotopic (exact) mass is 413 g/mol. The number of unbranched alkanes of at least 4 members (excludes halogenated alkanes) is 2. The van der Waals surface area contributed by atoms with Crippen molar-refractivity contribution in [3.8, 4) is 0 Å². The van der Waals surface area contributed by atoms with Gasteiger partial charge in [-0.1, -0.05) is 65.4 Å². The van der Waals surface area contributed by atoms with Crippen molar-refractivity contribution < 1.29 is 4.74 Å². The Hall–Kier alpha value is -0.790. The third-order valence-corrected chi connectivity index (χ3v) is 10.7. The summed E-state index contributed by atoms with van der Waals surface area (Å²) in [6.45, 7) is 10.1. The first kappa shape index (κ1) is 22.4. The van der Waals surface area contributed by atoms with E-state index in [2.05, 4.69) is 33.8 Å². The SMILES string of the molecule is CCCCC[C@@H](CC)[C@H]1CC[C@H]2[C@@H]3CCC4=C/C(=[N+](\C)[O-])CC[C@]4(C)[C@H]3CC[C@]12C. The summed E-state index contributed by atoms with van der Waals surface area (Å²) in [4.78, 5) is 0. The van der Waals surface area contributed by atoms with E-state index < -0.39 is 0 Å². The lowest BCUT2D eigenvalue weighted by atomic mass is 9.46. The molecular weight excluding hydrogens is 366 g/mol. The molecule has 0 unspecified atom stereocenters. The summed E-state index contributed by atoms with van der Waals surface area (Å²) < 4.78 is 1.11. The first-order valence-corrected chi connectivity index (χ1v) is 13.3. The van der Waals surface area contributed by atoms with Crippen molar-refractivity contribution in [1.29, 1.82) is 0 Å². The second-order valence-electron chi connectivity index (χ2n) is 11.9. The molecule has 30 heavy (non-hydrogen) atoms. The van der Waals surface area contributed by atoms with Gasteiger partial charge in [-0.05, 0) is 85.4 Å². The fourth-order valence-electron chi connectivity index (χ4n) is 8.98. The number of hydrogen-bond acceptors (Lipinski definition) is 1. The Kier molecular flexibility index (Phi) is 6.44. The highest BCUT2D eigenvalue weighted by Gasteiger charge is 2.59. The van der Waals surface area contributed by atoms with Gasteiger partial charge >= 0.3 is 0 Å². The van der Waals surface area contributed by atoms with Crippen LogP contribution in [0.15, 0.2) is 11.6 Å². The normalized spacial score (nSPS) is 43.3. The van der Waals surface area contributed by atoms with Crippen molar-refractivity contribution in [2.45, 2.75) is 111 Å². The van der Waals surface area contributed by atoms with Crippen molar-refractivity contribution in [3.63, 3.8) is 0 Å². The molecule has 0 spiro atoms. The van der Waals surface area contributed by atoms with E-state index in [1.165, 1.54) is 77.0 Å².